The van der Waals surface area contributed by atoms with Crippen molar-refractivity contribution in [2.45, 2.75) is 33.5 Å². The van der Waals surface area contributed by atoms with Crippen LogP contribution in [-0.4, -0.2) is 11.9 Å². The number of nitrogen functional groups attached to an aromatic ring is 1. The van der Waals surface area contributed by atoms with E-state index in [1.54, 1.807) is 0 Å². The van der Waals surface area contributed by atoms with Gasteiger partial charge in [-0.05, 0) is 24.5 Å². The molecule has 0 heterocycles. The van der Waals surface area contributed by atoms with Crippen LogP contribution in [0.5, 0.6) is 0 Å². The second kappa shape index (κ2) is 5.66. The van der Waals surface area contributed by atoms with E-state index in [9.17, 15) is 0 Å². The van der Waals surface area contributed by atoms with Gasteiger partial charge in [-0.15, -0.1) is 0 Å². The average molecular weight is 220 g/mol. The van der Waals surface area contributed by atoms with Crippen molar-refractivity contribution < 1.29 is 4.74 Å². The van der Waals surface area contributed by atoms with Gasteiger partial charge in [0.2, 0.25) is 0 Å². The zero-order valence-corrected chi connectivity index (χ0v) is 10.2. The smallest absolute Gasteiger partial charge is 0.122 e. The lowest BCUT2D eigenvalue weighted by Crippen LogP contribution is -2.15. The lowest BCUT2D eigenvalue weighted by molar-refractivity contribution is 0.0235. The number of rotatable bonds is 5. The molecule has 3 nitrogen and oxygen atoms in total. The van der Waals surface area contributed by atoms with Gasteiger partial charge in [-0.3, -0.25) is 5.41 Å². The van der Waals surface area contributed by atoms with Gasteiger partial charge in [-0.2, -0.15) is 0 Å². The summed E-state index contributed by atoms with van der Waals surface area (Å²) >= 11 is 0. The average Bonchev–Trinajstić information content (AvgIpc) is 2.26. The van der Waals surface area contributed by atoms with Crippen molar-refractivity contribution in [3.8, 4) is 0 Å². The van der Waals surface area contributed by atoms with Gasteiger partial charge in [0.05, 0.1) is 12.7 Å². The van der Waals surface area contributed by atoms with Gasteiger partial charge in [0, 0.05) is 5.56 Å². The van der Waals surface area contributed by atoms with Crippen LogP contribution in [0.1, 0.15) is 31.9 Å². The Morgan fingerprint density at radius 1 is 1.38 bits per heavy atom. The van der Waals surface area contributed by atoms with Crippen molar-refractivity contribution in [3.63, 3.8) is 0 Å². The highest BCUT2D eigenvalue weighted by molar-refractivity contribution is 5.95. The Balaban J connectivity index is 2.61. The molecule has 1 unspecified atom stereocenters. The predicted octanol–water partition coefficient (Wildman–Crippen LogP) is 2.53. The highest BCUT2D eigenvalue weighted by atomic mass is 16.5. The Morgan fingerprint density at radius 2 is 2.06 bits per heavy atom. The molecular weight excluding hydrogens is 200 g/mol. The first-order valence-corrected chi connectivity index (χ1v) is 5.55. The van der Waals surface area contributed by atoms with E-state index >= 15 is 0 Å². The summed E-state index contributed by atoms with van der Waals surface area (Å²) in [7, 11) is 0. The molecule has 0 aliphatic heterocycles. The molecule has 88 valence electrons. The van der Waals surface area contributed by atoms with Gasteiger partial charge < -0.3 is 10.5 Å². The summed E-state index contributed by atoms with van der Waals surface area (Å²) in [6.45, 7) is 6.91. The van der Waals surface area contributed by atoms with Crippen molar-refractivity contribution in [2.75, 3.05) is 0 Å². The zero-order valence-electron chi connectivity index (χ0n) is 10.2. The molecule has 0 aromatic heterocycles. The molecule has 1 rings (SSSR count). The van der Waals surface area contributed by atoms with Gasteiger partial charge in [0.25, 0.3) is 0 Å². The molecule has 16 heavy (non-hydrogen) atoms. The molecule has 1 atom stereocenters. The van der Waals surface area contributed by atoms with Crippen LogP contribution < -0.4 is 5.73 Å². The maximum Gasteiger partial charge on any atom is 0.122 e. The topological polar surface area (TPSA) is 59.1 Å². The highest BCUT2D eigenvalue weighted by Gasteiger charge is 2.07. The standard InChI is InChI=1S/C13H20N2O/c1-9(2)10(3)16-8-11-5-4-6-12(7-11)13(14)15/h4-7,9-10H,8H2,1-3H3,(H3,14,15). The van der Waals surface area contributed by atoms with Crippen LogP contribution in [0, 0.1) is 11.3 Å². The van der Waals surface area contributed by atoms with Crippen LogP contribution in [-0.2, 0) is 11.3 Å². The molecule has 0 aliphatic carbocycles. The monoisotopic (exact) mass is 220 g/mol. The molecule has 0 radical (unpaired) electrons. The van der Waals surface area contributed by atoms with Crippen molar-refractivity contribution in [1.29, 1.82) is 5.41 Å². The van der Waals surface area contributed by atoms with Crippen LogP contribution in [0.4, 0.5) is 0 Å². The molecule has 3 heteroatoms. The lowest BCUT2D eigenvalue weighted by atomic mass is 10.1. The summed E-state index contributed by atoms with van der Waals surface area (Å²) in [5.41, 5.74) is 7.23. The first-order chi connectivity index (χ1) is 7.50. The molecule has 0 amide bonds. The fourth-order valence-electron chi connectivity index (χ4n) is 1.25. The Kier molecular flexibility index (Phi) is 4.50. The molecule has 0 saturated carbocycles. The third kappa shape index (κ3) is 3.66. The number of benzene rings is 1. The first kappa shape index (κ1) is 12.7. The van der Waals surface area contributed by atoms with E-state index < -0.39 is 0 Å². The minimum Gasteiger partial charge on any atom is -0.384 e. The SMILES string of the molecule is CC(C)C(C)OCc1cccc(C(=N)N)c1. The minimum absolute atomic E-state index is 0.0961. The second-order valence-corrected chi connectivity index (χ2v) is 4.37. The molecule has 0 saturated heterocycles. The quantitative estimate of drug-likeness (QED) is 0.591. The maximum atomic E-state index is 7.35. The lowest BCUT2D eigenvalue weighted by Gasteiger charge is -2.16. The number of nitrogens with one attached hydrogen (secondary N) is 1. The molecule has 1 aromatic carbocycles. The Labute approximate surface area is 97.1 Å². The van der Waals surface area contributed by atoms with Crippen molar-refractivity contribution in [2.24, 2.45) is 11.7 Å². The first-order valence-electron chi connectivity index (χ1n) is 5.55. The summed E-state index contributed by atoms with van der Waals surface area (Å²) < 4.78 is 5.71. The number of nitrogens with two attached hydrogens (primary N) is 1. The number of amidine groups is 1. The maximum absolute atomic E-state index is 7.35. The summed E-state index contributed by atoms with van der Waals surface area (Å²) in [6.07, 6.45) is 0.237. The molecule has 0 bridgehead atoms. The Bertz CT molecular complexity index is 361. The van der Waals surface area contributed by atoms with Gasteiger partial charge >= 0.3 is 0 Å². The molecule has 0 fully saturated rings. The van der Waals surface area contributed by atoms with Crippen LogP contribution in [0.2, 0.25) is 0 Å². The van der Waals surface area contributed by atoms with E-state index in [2.05, 4.69) is 20.8 Å². The fraction of sp³-hybridized carbons (Fsp3) is 0.462. The van der Waals surface area contributed by atoms with Gasteiger partial charge in [0.1, 0.15) is 5.84 Å². The van der Waals surface area contributed by atoms with E-state index in [1.807, 2.05) is 24.3 Å². The Hall–Kier alpha value is -1.35. The normalized spacial score (nSPS) is 12.8. The van der Waals surface area contributed by atoms with E-state index in [4.69, 9.17) is 15.9 Å². The number of ether oxygens (including phenoxy) is 1. The minimum atomic E-state index is 0.0961. The van der Waals surface area contributed by atoms with Crippen LogP contribution in [0.25, 0.3) is 0 Å². The summed E-state index contributed by atoms with van der Waals surface area (Å²) in [5, 5.41) is 7.35. The molecular formula is C13H20N2O. The number of hydrogen-bond acceptors (Lipinski definition) is 2. The van der Waals surface area contributed by atoms with Gasteiger partial charge in [-0.25, -0.2) is 0 Å². The van der Waals surface area contributed by atoms with Gasteiger partial charge in [-0.1, -0.05) is 32.0 Å². The third-order valence-corrected chi connectivity index (χ3v) is 2.69. The second-order valence-electron chi connectivity index (χ2n) is 4.37. The van der Waals surface area contributed by atoms with Crippen LogP contribution in [0.15, 0.2) is 24.3 Å². The third-order valence-electron chi connectivity index (χ3n) is 2.69. The van der Waals surface area contributed by atoms with E-state index in [1.165, 1.54) is 0 Å². The summed E-state index contributed by atoms with van der Waals surface area (Å²) in [4.78, 5) is 0. The molecule has 0 aliphatic rings. The summed E-state index contributed by atoms with van der Waals surface area (Å²) in [6, 6.07) is 7.61. The van der Waals surface area contributed by atoms with E-state index in [0.29, 0.717) is 12.5 Å². The fourth-order valence-corrected chi connectivity index (χ4v) is 1.25. The van der Waals surface area contributed by atoms with Crippen molar-refractivity contribution in [3.05, 3.63) is 35.4 Å². The predicted molar refractivity (Wildman–Crippen MR) is 66.5 cm³/mol. The highest BCUT2D eigenvalue weighted by Crippen LogP contribution is 2.11. The van der Waals surface area contributed by atoms with Crippen LogP contribution >= 0.6 is 0 Å². The van der Waals surface area contributed by atoms with Crippen LogP contribution in [0.3, 0.4) is 0 Å². The molecule has 3 N–H and O–H groups in total. The van der Waals surface area contributed by atoms with Gasteiger partial charge in [0.15, 0.2) is 0 Å². The molecule has 0 spiro atoms. The Morgan fingerprint density at radius 3 is 2.62 bits per heavy atom. The van der Waals surface area contributed by atoms with E-state index in [0.717, 1.165) is 11.1 Å². The summed E-state index contributed by atoms with van der Waals surface area (Å²) in [5.74, 6) is 0.606. The van der Waals surface area contributed by atoms with Crippen molar-refractivity contribution >= 4 is 5.84 Å². The van der Waals surface area contributed by atoms with Crippen molar-refractivity contribution in [1.82, 2.24) is 0 Å². The number of hydrogen-bond donors (Lipinski definition) is 2. The van der Waals surface area contributed by atoms with E-state index in [-0.39, 0.29) is 11.9 Å². The zero-order chi connectivity index (χ0) is 12.1. The molecule has 1 aromatic rings. The largest absolute Gasteiger partial charge is 0.384 e.